The van der Waals surface area contributed by atoms with E-state index in [1.165, 1.54) is 11.3 Å². The lowest BCUT2D eigenvalue weighted by Crippen LogP contribution is -2.28. The molecule has 0 fully saturated rings. The summed E-state index contributed by atoms with van der Waals surface area (Å²) in [6, 6.07) is 11.9. The third-order valence-corrected chi connectivity index (χ3v) is 4.30. The lowest BCUT2D eigenvalue weighted by atomic mass is 10.2. The Hall–Kier alpha value is -2.02. The van der Waals surface area contributed by atoms with E-state index in [1.54, 1.807) is 0 Å². The van der Waals surface area contributed by atoms with Crippen LogP contribution in [0.2, 0.25) is 0 Å². The van der Waals surface area contributed by atoms with Crippen LogP contribution in [0.15, 0.2) is 46.6 Å². The zero-order chi connectivity index (χ0) is 15.4. The van der Waals surface area contributed by atoms with Gasteiger partial charge < -0.3 is 10.1 Å². The van der Waals surface area contributed by atoms with Gasteiger partial charge in [-0.05, 0) is 17.0 Å². The minimum absolute atomic E-state index is 0.0672. The van der Waals surface area contributed by atoms with E-state index in [9.17, 15) is 9.90 Å². The number of hydrogen-bond acceptors (Lipinski definition) is 5. The van der Waals surface area contributed by atoms with E-state index in [1.807, 2.05) is 41.8 Å². The molecule has 0 aliphatic carbocycles. The largest absolute Gasteiger partial charge is 0.395 e. The summed E-state index contributed by atoms with van der Waals surface area (Å²) in [5.74, 6) is 0.625. The molecule has 0 aliphatic rings. The number of aliphatic hydroxyl groups is 1. The zero-order valence-corrected chi connectivity index (χ0v) is 12.8. The number of rotatable bonds is 6. The molecule has 0 unspecified atom stereocenters. The Bertz CT molecular complexity index is 798. The van der Waals surface area contributed by atoms with Crippen LogP contribution in [-0.4, -0.2) is 33.1 Å². The van der Waals surface area contributed by atoms with Crippen LogP contribution in [0.5, 0.6) is 0 Å². The number of fused-ring (bicyclic) bond motifs is 1. The third kappa shape index (κ3) is 3.41. The molecular formula is C16H17N3O2S. The van der Waals surface area contributed by atoms with Crippen molar-refractivity contribution in [2.45, 2.75) is 13.1 Å². The maximum Gasteiger partial charge on any atom is 0.268 e. The molecule has 3 aromatic rings. The van der Waals surface area contributed by atoms with Gasteiger partial charge in [0.1, 0.15) is 10.5 Å². The highest BCUT2D eigenvalue weighted by Gasteiger charge is 2.10. The summed E-state index contributed by atoms with van der Waals surface area (Å²) in [6.45, 7) is 1.79. The number of hydrogen-bond donors (Lipinski definition) is 2. The molecule has 2 heterocycles. The molecule has 114 valence electrons. The Kier molecular flexibility index (Phi) is 4.62. The standard InChI is InChI=1S/C16H17N3O2S/c20-8-7-19(10-12-4-2-1-3-5-12)11-14-17-13-6-9-22-15(13)16(21)18-14/h1-6,9,20H,7-8,10-11H2,(H,17,18,21). The molecule has 2 N–H and O–H groups in total. The number of H-pyrrole nitrogens is 1. The highest BCUT2D eigenvalue weighted by Crippen LogP contribution is 2.14. The molecule has 0 saturated carbocycles. The molecular weight excluding hydrogens is 298 g/mol. The van der Waals surface area contributed by atoms with Gasteiger partial charge in [0.2, 0.25) is 0 Å². The Morgan fingerprint density at radius 3 is 2.77 bits per heavy atom. The summed E-state index contributed by atoms with van der Waals surface area (Å²) in [6.07, 6.45) is 0. The van der Waals surface area contributed by atoms with E-state index in [0.717, 1.165) is 11.1 Å². The van der Waals surface area contributed by atoms with Crippen LogP contribution in [0.4, 0.5) is 0 Å². The van der Waals surface area contributed by atoms with E-state index in [2.05, 4.69) is 14.9 Å². The van der Waals surface area contributed by atoms with Crippen LogP contribution in [0, 0.1) is 0 Å². The van der Waals surface area contributed by atoms with Crippen molar-refractivity contribution >= 4 is 21.6 Å². The first-order chi connectivity index (χ1) is 10.8. The first-order valence-corrected chi connectivity index (χ1v) is 7.98. The summed E-state index contributed by atoms with van der Waals surface area (Å²) < 4.78 is 0.653. The van der Waals surface area contributed by atoms with Gasteiger partial charge >= 0.3 is 0 Å². The molecule has 0 amide bonds. The molecule has 3 rings (SSSR count). The van der Waals surface area contributed by atoms with Gasteiger partial charge in [-0.2, -0.15) is 0 Å². The first-order valence-electron chi connectivity index (χ1n) is 7.10. The molecule has 22 heavy (non-hydrogen) atoms. The fourth-order valence-corrected chi connectivity index (χ4v) is 3.13. The quantitative estimate of drug-likeness (QED) is 0.730. The second-order valence-electron chi connectivity index (χ2n) is 5.07. The second-order valence-corrected chi connectivity index (χ2v) is 5.98. The lowest BCUT2D eigenvalue weighted by Gasteiger charge is -2.20. The van der Waals surface area contributed by atoms with Crippen LogP contribution in [0.3, 0.4) is 0 Å². The Labute approximate surface area is 131 Å². The Balaban J connectivity index is 1.81. The molecule has 0 spiro atoms. The minimum Gasteiger partial charge on any atom is -0.395 e. The van der Waals surface area contributed by atoms with Gasteiger partial charge in [-0.15, -0.1) is 11.3 Å². The van der Waals surface area contributed by atoms with Crippen LogP contribution >= 0.6 is 11.3 Å². The zero-order valence-electron chi connectivity index (χ0n) is 12.0. The predicted molar refractivity (Wildman–Crippen MR) is 87.9 cm³/mol. The number of aromatic amines is 1. The van der Waals surface area contributed by atoms with Gasteiger partial charge in [-0.1, -0.05) is 30.3 Å². The topological polar surface area (TPSA) is 69.2 Å². The molecule has 1 aromatic carbocycles. The molecule has 0 atom stereocenters. The highest BCUT2D eigenvalue weighted by molar-refractivity contribution is 7.17. The van der Waals surface area contributed by atoms with Crippen molar-refractivity contribution in [3.63, 3.8) is 0 Å². The van der Waals surface area contributed by atoms with Crippen LogP contribution in [0.25, 0.3) is 10.2 Å². The molecule has 0 aliphatic heterocycles. The van der Waals surface area contributed by atoms with Gasteiger partial charge in [-0.3, -0.25) is 9.69 Å². The molecule has 0 bridgehead atoms. The number of aliphatic hydroxyl groups excluding tert-OH is 1. The molecule has 5 nitrogen and oxygen atoms in total. The maximum absolute atomic E-state index is 12.0. The van der Waals surface area contributed by atoms with Crippen LogP contribution in [-0.2, 0) is 13.1 Å². The van der Waals surface area contributed by atoms with E-state index in [-0.39, 0.29) is 12.2 Å². The van der Waals surface area contributed by atoms with Crippen molar-refractivity contribution in [2.24, 2.45) is 0 Å². The van der Waals surface area contributed by atoms with Gasteiger partial charge in [-0.25, -0.2) is 4.98 Å². The fraction of sp³-hybridized carbons (Fsp3) is 0.250. The van der Waals surface area contributed by atoms with Crippen molar-refractivity contribution in [2.75, 3.05) is 13.2 Å². The fourth-order valence-electron chi connectivity index (χ4n) is 2.41. The molecule has 0 saturated heterocycles. The van der Waals surface area contributed by atoms with Crippen molar-refractivity contribution in [1.82, 2.24) is 14.9 Å². The van der Waals surface area contributed by atoms with Gasteiger partial charge in [0.25, 0.3) is 5.56 Å². The first kappa shape index (κ1) is 14.9. The number of nitrogens with one attached hydrogen (secondary N) is 1. The smallest absolute Gasteiger partial charge is 0.268 e. The van der Waals surface area contributed by atoms with Crippen molar-refractivity contribution in [3.05, 3.63) is 63.5 Å². The molecule has 2 aromatic heterocycles. The number of aromatic nitrogens is 2. The highest BCUT2D eigenvalue weighted by atomic mass is 32.1. The van der Waals surface area contributed by atoms with E-state index in [4.69, 9.17) is 0 Å². The summed E-state index contributed by atoms with van der Waals surface area (Å²) >= 11 is 1.39. The van der Waals surface area contributed by atoms with Gasteiger partial charge in [0.05, 0.1) is 18.7 Å². The number of benzene rings is 1. The average molecular weight is 315 g/mol. The number of nitrogens with zero attached hydrogens (tertiary/aromatic N) is 2. The average Bonchev–Trinajstić information content (AvgIpc) is 2.97. The third-order valence-electron chi connectivity index (χ3n) is 3.40. The van der Waals surface area contributed by atoms with Crippen molar-refractivity contribution in [3.8, 4) is 0 Å². The summed E-state index contributed by atoms with van der Waals surface area (Å²) in [5, 5.41) is 11.1. The summed E-state index contributed by atoms with van der Waals surface area (Å²) in [4.78, 5) is 21.4. The summed E-state index contributed by atoms with van der Waals surface area (Å²) in [5.41, 5.74) is 1.79. The summed E-state index contributed by atoms with van der Waals surface area (Å²) in [7, 11) is 0. The Morgan fingerprint density at radius 1 is 1.18 bits per heavy atom. The van der Waals surface area contributed by atoms with Gasteiger partial charge in [0, 0.05) is 13.1 Å². The van der Waals surface area contributed by atoms with E-state index in [0.29, 0.717) is 30.2 Å². The Morgan fingerprint density at radius 2 is 2.00 bits per heavy atom. The molecule has 0 radical (unpaired) electrons. The number of thiophene rings is 1. The van der Waals surface area contributed by atoms with E-state index < -0.39 is 0 Å². The van der Waals surface area contributed by atoms with Crippen LogP contribution in [0.1, 0.15) is 11.4 Å². The van der Waals surface area contributed by atoms with Crippen molar-refractivity contribution in [1.29, 1.82) is 0 Å². The van der Waals surface area contributed by atoms with E-state index >= 15 is 0 Å². The van der Waals surface area contributed by atoms with Crippen molar-refractivity contribution < 1.29 is 5.11 Å². The SMILES string of the molecule is O=c1[nH]c(CN(CCO)Cc2ccccc2)nc2ccsc12. The van der Waals surface area contributed by atoms with Gasteiger partial charge in [0.15, 0.2) is 0 Å². The minimum atomic E-state index is -0.0985. The lowest BCUT2D eigenvalue weighted by molar-refractivity contribution is 0.181. The second kappa shape index (κ2) is 6.83. The van der Waals surface area contributed by atoms with Crippen LogP contribution < -0.4 is 5.56 Å². The predicted octanol–water partition coefficient (Wildman–Crippen LogP) is 1.98. The normalized spacial score (nSPS) is 11.4. The molecule has 6 heteroatoms. The monoisotopic (exact) mass is 315 g/mol. The maximum atomic E-state index is 12.0.